The van der Waals surface area contributed by atoms with Crippen molar-refractivity contribution in [3.63, 3.8) is 0 Å². The zero-order chi connectivity index (χ0) is 15.3. The molecule has 9 nitrogen and oxygen atoms in total. The van der Waals surface area contributed by atoms with Gasteiger partial charge in [0.15, 0.2) is 0 Å². The van der Waals surface area contributed by atoms with Crippen LogP contribution in [-0.4, -0.2) is 50.8 Å². The van der Waals surface area contributed by atoms with Crippen molar-refractivity contribution in [3.05, 3.63) is 12.4 Å². The van der Waals surface area contributed by atoms with Crippen molar-refractivity contribution >= 4 is 23.6 Å². The van der Waals surface area contributed by atoms with Gasteiger partial charge in [-0.15, -0.1) is 0 Å². The molecule has 0 bridgehead atoms. The van der Waals surface area contributed by atoms with Gasteiger partial charge in [-0.2, -0.15) is 5.10 Å². The molecule has 0 saturated carbocycles. The van der Waals surface area contributed by atoms with E-state index in [0.717, 1.165) is 4.90 Å². The summed E-state index contributed by atoms with van der Waals surface area (Å²) in [7, 11) is 0. The summed E-state index contributed by atoms with van der Waals surface area (Å²) in [6.45, 7) is 2.74. The first-order chi connectivity index (χ1) is 9.29. The second kappa shape index (κ2) is 6.55. The molecule has 20 heavy (non-hydrogen) atoms. The van der Waals surface area contributed by atoms with E-state index < -0.39 is 31.0 Å². The van der Waals surface area contributed by atoms with Crippen molar-refractivity contribution in [1.82, 2.24) is 14.7 Å². The smallest absolute Gasteiger partial charge is 0.323 e. The first kappa shape index (κ1) is 15.5. The molecule has 110 valence electrons. The second-order valence-electron chi connectivity index (χ2n) is 4.45. The maximum Gasteiger partial charge on any atom is 0.323 e. The fourth-order valence-electron chi connectivity index (χ4n) is 1.44. The minimum absolute atomic E-state index is 0.126. The van der Waals surface area contributed by atoms with Crippen LogP contribution in [0.2, 0.25) is 0 Å². The quantitative estimate of drug-likeness (QED) is 0.669. The van der Waals surface area contributed by atoms with Crippen LogP contribution in [-0.2, 0) is 9.59 Å². The highest BCUT2D eigenvalue weighted by atomic mass is 16.4. The van der Waals surface area contributed by atoms with E-state index in [1.807, 2.05) is 13.8 Å². The number of carboxylic acid groups (broad SMARTS) is 1. The van der Waals surface area contributed by atoms with Gasteiger partial charge in [0.05, 0.1) is 11.9 Å². The number of anilines is 1. The normalized spacial score (nSPS) is 10.3. The van der Waals surface area contributed by atoms with E-state index in [1.54, 1.807) is 10.9 Å². The molecular formula is C11H17N5O4. The third-order valence-electron chi connectivity index (χ3n) is 2.34. The summed E-state index contributed by atoms with van der Waals surface area (Å²) in [5.41, 5.74) is 5.38. The third kappa shape index (κ3) is 4.59. The lowest BCUT2D eigenvalue weighted by Crippen LogP contribution is -2.43. The van der Waals surface area contributed by atoms with Crippen LogP contribution in [0.4, 0.5) is 10.5 Å². The van der Waals surface area contributed by atoms with E-state index in [9.17, 15) is 14.4 Å². The maximum absolute atomic E-state index is 11.9. The Bertz CT molecular complexity index is 495. The number of aromatic nitrogens is 2. The Labute approximate surface area is 115 Å². The number of hydrogen-bond donors (Lipinski definition) is 3. The van der Waals surface area contributed by atoms with Gasteiger partial charge in [0.2, 0.25) is 5.91 Å². The molecule has 0 unspecified atom stereocenters. The molecule has 0 aliphatic carbocycles. The number of urea groups is 1. The van der Waals surface area contributed by atoms with E-state index in [-0.39, 0.29) is 6.04 Å². The Morgan fingerprint density at radius 2 is 2.10 bits per heavy atom. The van der Waals surface area contributed by atoms with Gasteiger partial charge < -0.3 is 21.1 Å². The summed E-state index contributed by atoms with van der Waals surface area (Å²) in [4.78, 5) is 34.2. The standard InChI is InChI=1S/C11H17N5O4/c1-7(2)16-4-8(3-13-16)14-11(20)15(5-9(12)17)6-10(18)19/h3-4,7H,5-6H2,1-2H3,(H2,12,17)(H,14,20)(H,18,19). The number of nitrogens with one attached hydrogen (secondary N) is 1. The third-order valence-corrected chi connectivity index (χ3v) is 2.34. The molecule has 4 N–H and O–H groups in total. The lowest BCUT2D eigenvalue weighted by Gasteiger charge is -2.18. The fraction of sp³-hybridized carbons (Fsp3) is 0.455. The van der Waals surface area contributed by atoms with Crippen molar-refractivity contribution < 1.29 is 19.5 Å². The van der Waals surface area contributed by atoms with E-state index >= 15 is 0 Å². The monoisotopic (exact) mass is 283 g/mol. The number of amides is 3. The molecule has 0 saturated heterocycles. The van der Waals surface area contributed by atoms with Crippen LogP contribution < -0.4 is 11.1 Å². The van der Waals surface area contributed by atoms with Gasteiger partial charge in [-0.05, 0) is 13.8 Å². The van der Waals surface area contributed by atoms with Gasteiger partial charge in [-0.1, -0.05) is 0 Å². The van der Waals surface area contributed by atoms with E-state index in [0.29, 0.717) is 5.69 Å². The molecule has 0 aromatic carbocycles. The predicted molar refractivity (Wildman–Crippen MR) is 70.0 cm³/mol. The molecule has 0 spiro atoms. The molecule has 0 aliphatic heterocycles. The Morgan fingerprint density at radius 3 is 2.55 bits per heavy atom. The van der Waals surface area contributed by atoms with Crippen molar-refractivity contribution in [2.45, 2.75) is 19.9 Å². The number of hydrogen-bond acceptors (Lipinski definition) is 4. The summed E-state index contributed by atoms with van der Waals surface area (Å²) < 4.78 is 1.63. The molecule has 9 heteroatoms. The van der Waals surface area contributed by atoms with Gasteiger partial charge in [-0.3, -0.25) is 14.3 Å². The molecule has 0 fully saturated rings. The van der Waals surface area contributed by atoms with E-state index in [1.165, 1.54) is 6.20 Å². The summed E-state index contributed by atoms with van der Waals surface area (Å²) in [5.74, 6) is -2.03. The fourth-order valence-corrected chi connectivity index (χ4v) is 1.44. The molecular weight excluding hydrogens is 266 g/mol. The van der Waals surface area contributed by atoms with Crippen LogP contribution in [0, 0.1) is 0 Å². The van der Waals surface area contributed by atoms with Crippen LogP contribution in [0.5, 0.6) is 0 Å². The molecule has 1 heterocycles. The van der Waals surface area contributed by atoms with Gasteiger partial charge in [0.25, 0.3) is 0 Å². The zero-order valence-electron chi connectivity index (χ0n) is 11.2. The largest absolute Gasteiger partial charge is 0.480 e. The molecule has 0 aliphatic rings. The zero-order valence-corrected chi connectivity index (χ0v) is 11.2. The maximum atomic E-state index is 11.9. The van der Waals surface area contributed by atoms with Crippen LogP contribution in [0.3, 0.4) is 0 Å². The average Bonchev–Trinajstić information content (AvgIpc) is 2.75. The number of nitrogens with two attached hydrogens (primary N) is 1. The highest BCUT2D eigenvalue weighted by Crippen LogP contribution is 2.10. The van der Waals surface area contributed by atoms with Gasteiger partial charge in [-0.25, -0.2) is 4.79 Å². The highest BCUT2D eigenvalue weighted by Gasteiger charge is 2.19. The Hall–Kier alpha value is -2.58. The number of rotatable bonds is 6. The number of nitrogens with zero attached hydrogens (tertiary/aromatic N) is 3. The molecule has 1 aromatic rings. The molecule has 3 amide bonds. The summed E-state index contributed by atoms with van der Waals surface area (Å²) in [6.07, 6.45) is 3.03. The average molecular weight is 283 g/mol. The first-order valence-electron chi connectivity index (χ1n) is 5.89. The molecule has 1 rings (SSSR count). The van der Waals surface area contributed by atoms with Crippen LogP contribution in [0.1, 0.15) is 19.9 Å². The van der Waals surface area contributed by atoms with Crippen molar-refractivity contribution in [2.75, 3.05) is 18.4 Å². The summed E-state index contributed by atoms with van der Waals surface area (Å²) in [6, 6.07) is -0.601. The Balaban J connectivity index is 2.73. The number of carbonyl (C=O) groups excluding carboxylic acids is 2. The van der Waals surface area contributed by atoms with Crippen LogP contribution in [0.25, 0.3) is 0 Å². The minimum Gasteiger partial charge on any atom is -0.480 e. The van der Waals surface area contributed by atoms with Gasteiger partial charge in [0.1, 0.15) is 13.1 Å². The lowest BCUT2D eigenvalue weighted by atomic mass is 10.4. The Kier molecular flexibility index (Phi) is 5.07. The van der Waals surface area contributed by atoms with Gasteiger partial charge in [0, 0.05) is 12.2 Å². The Morgan fingerprint density at radius 1 is 1.45 bits per heavy atom. The summed E-state index contributed by atoms with van der Waals surface area (Å²) in [5, 5.41) is 15.2. The van der Waals surface area contributed by atoms with Crippen molar-refractivity contribution in [1.29, 1.82) is 0 Å². The summed E-state index contributed by atoms with van der Waals surface area (Å²) >= 11 is 0. The van der Waals surface area contributed by atoms with Gasteiger partial charge >= 0.3 is 12.0 Å². The molecule has 0 radical (unpaired) electrons. The lowest BCUT2D eigenvalue weighted by molar-refractivity contribution is -0.137. The number of aliphatic carboxylic acids is 1. The number of primary amides is 1. The number of carbonyl (C=O) groups is 3. The first-order valence-corrected chi connectivity index (χ1v) is 5.89. The highest BCUT2D eigenvalue weighted by molar-refractivity contribution is 5.93. The van der Waals surface area contributed by atoms with Crippen molar-refractivity contribution in [3.8, 4) is 0 Å². The molecule has 1 aromatic heterocycles. The van der Waals surface area contributed by atoms with E-state index in [2.05, 4.69) is 10.4 Å². The van der Waals surface area contributed by atoms with Crippen LogP contribution >= 0.6 is 0 Å². The number of carboxylic acids is 1. The molecule has 0 atom stereocenters. The van der Waals surface area contributed by atoms with Crippen LogP contribution in [0.15, 0.2) is 12.4 Å². The minimum atomic E-state index is -1.24. The second-order valence-corrected chi connectivity index (χ2v) is 4.45. The predicted octanol–water partition coefficient (Wildman–Crippen LogP) is -0.132. The van der Waals surface area contributed by atoms with E-state index in [4.69, 9.17) is 10.8 Å². The topological polar surface area (TPSA) is 131 Å². The SMILES string of the molecule is CC(C)n1cc(NC(=O)N(CC(N)=O)CC(=O)O)cn1. The van der Waals surface area contributed by atoms with Crippen molar-refractivity contribution in [2.24, 2.45) is 5.73 Å².